The third-order valence-corrected chi connectivity index (χ3v) is 5.44. The summed E-state index contributed by atoms with van der Waals surface area (Å²) in [6.45, 7) is 0.689. The molecule has 0 amide bonds. The van der Waals surface area contributed by atoms with Crippen molar-refractivity contribution in [2.45, 2.75) is 24.5 Å². The van der Waals surface area contributed by atoms with Crippen LogP contribution in [0.15, 0.2) is 42.9 Å². The number of hydrogen-bond donors (Lipinski definition) is 4. The molecule has 1 aromatic carbocycles. The molecule has 3 heterocycles. The number of nitrogens with two attached hydrogens (primary N) is 1. The summed E-state index contributed by atoms with van der Waals surface area (Å²) in [6.07, 6.45) is -1.58. The number of hydrogen-bond acceptors (Lipinski definition) is 8. The highest BCUT2D eigenvalue weighted by molar-refractivity contribution is 7.51. The van der Waals surface area contributed by atoms with Crippen LogP contribution < -0.4 is 5.73 Å². The average molecular weight is 420 g/mol. The number of aromatic nitrogens is 3. The molecule has 0 aliphatic carbocycles. The number of ether oxygens (including phenoxy) is 1. The van der Waals surface area contributed by atoms with Gasteiger partial charge in [0.25, 0.3) is 0 Å². The number of nitrogen functional groups attached to an aromatic ring is 1. The number of fused-ring (bicyclic) bond motifs is 1. The van der Waals surface area contributed by atoms with Crippen molar-refractivity contribution < 1.29 is 28.9 Å². The normalized spacial score (nSPS) is 26.6. The number of benzene rings is 1. The van der Waals surface area contributed by atoms with Gasteiger partial charge in [0.1, 0.15) is 36.1 Å². The number of rotatable bonds is 5. The van der Waals surface area contributed by atoms with Crippen molar-refractivity contribution in [2.75, 3.05) is 19.0 Å². The van der Waals surface area contributed by atoms with Gasteiger partial charge in [-0.05, 0) is 5.56 Å². The van der Waals surface area contributed by atoms with Crippen LogP contribution in [0.5, 0.6) is 0 Å². The zero-order valence-corrected chi connectivity index (χ0v) is 16.4. The predicted molar refractivity (Wildman–Crippen MR) is 105 cm³/mol. The van der Waals surface area contributed by atoms with Crippen LogP contribution in [0.2, 0.25) is 0 Å². The highest BCUT2D eigenvalue weighted by Crippen LogP contribution is 2.41. The van der Waals surface area contributed by atoms with Crippen molar-refractivity contribution in [1.82, 2.24) is 14.5 Å². The molecule has 3 aromatic rings. The zero-order valence-electron chi connectivity index (χ0n) is 15.5. The molecule has 4 rings (SSSR count). The van der Waals surface area contributed by atoms with Gasteiger partial charge in [-0.25, -0.2) is 9.97 Å². The third-order valence-electron chi connectivity index (χ3n) is 4.81. The highest BCUT2D eigenvalue weighted by Gasteiger charge is 2.45. The van der Waals surface area contributed by atoms with Crippen LogP contribution in [0.3, 0.4) is 0 Å². The highest BCUT2D eigenvalue weighted by atomic mass is 31.2. The topological polar surface area (TPSA) is 153 Å². The molecule has 11 heteroatoms. The monoisotopic (exact) mass is 420 g/mol. The van der Waals surface area contributed by atoms with Crippen LogP contribution in [0, 0.1) is 0 Å². The molecule has 5 atom stereocenters. The molecule has 1 saturated heterocycles. The van der Waals surface area contributed by atoms with Gasteiger partial charge in [0.15, 0.2) is 6.23 Å². The van der Waals surface area contributed by atoms with Crippen LogP contribution in [0.4, 0.5) is 5.82 Å². The lowest BCUT2D eigenvalue weighted by atomic mass is 10.1. The maximum atomic E-state index is 11.4. The summed E-state index contributed by atoms with van der Waals surface area (Å²) in [5.41, 5.74) is 8.14. The lowest BCUT2D eigenvalue weighted by Crippen LogP contribution is -2.33. The Morgan fingerprint density at radius 2 is 1.97 bits per heavy atom. The van der Waals surface area contributed by atoms with E-state index < -0.39 is 32.1 Å². The molecule has 0 spiro atoms. The van der Waals surface area contributed by atoms with Crippen molar-refractivity contribution in [3.05, 3.63) is 42.9 Å². The molecule has 154 valence electrons. The largest absolute Gasteiger partial charge is 0.387 e. The minimum atomic E-state index is -3.75. The van der Waals surface area contributed by atoms with Crippen molar-refractivity contribution >= 4 is 24.4 Å². The van der Waals surface area contributed by atoms with E-state index in [9.17, 15) is 19.7 Å². The van der Waals surface area contributed by atoms with E-state index in [1.54, 1.807) is 10.8 Å². The molecular weight excluding hydrogens is 399 g/mol. The molecule has 2 aromatic heterocycles. The van der Waals surface area contributed by atoms with E-state index >= 15 is 0 Å². The van der Waals surface area contributed by atoms with Gasteiger partial charge in [0, 0.05) is 18.4 Å². The smallest absolute Gasteiger partial charge is 0.325 e. The van der Waals surface area contributed by atoms with E-state index in [-0.39, 0.29) is 12.4 Å². The van der Waals surface area contributed by atoms with Gasteiger partial charge in [-0.2, -0.15) is 0 Å². The Balaban J connectivity index is 1.75. The lowest BCUT2D eigenvalue weighted by molar-refractivity contribution is -0.0480. The summed E-state index contributed by atoms with van der Waals surface area (Å²) < 4.78 is 23.6. The van der Waals surface area contributed by atoms with E-state index in [1.807, 2.05) is 30.3 Å². The van der Waals surface area contributed by atoms with E-state index in [2.05, 4.69) is 9.97 Å². The van der Waals surface area contributed by atoms with E-state index in [1.165, 1.54) is 6.33 Å². The zero-order chi connectivity index (χ0) is 20.8. The standard InChI is InChI=1S/C18H21N4O6P/c1-29(25,26)27-8-12-14(23)15(24)18(28-12)22-7-11(10-5-3-2-4-6-10)13-16(19)20-9-21-17(13)22/h2-7,9,12,14-15,18,23-24H,8H2,1H3,(H,25,26)(H2,19,20,21). The molecule has 10 nitrogen and oxygen atoms in total. The molecule has 29 heavy (non-hydrogen) atoms. The second kappa shape index (κ2) is 7.49. The maximum Gasteiger partial charge on any atom is 0.325 e. The van der Waals surface area contributed by atoms with Crippen LogP contribution in [-0.4, -0.2) is 61.2 Å². The van der Waals surface area contributed by atoms with Crippen molar-refractivity contribution in [3.63, 3.8) is 0 Å². The Morgan fingerprint density at radius 3 is 2.66 bits per heavy atom. The quantitative estimate of drug-likeness (QED) is 0.445. The number of aliphatic hydroxyl groups excluding tert-OH is 2. The minimum absolute atomic E-state index is 0.271. The number of anilines is 1. The minimum Gasteiger partial charge on any atom is -0.387 e. The van der Waals surface area contributed by atoms with Crippen LogP contribution in [-0.2, 0) is 13.8 Å². The third kappa shape index (κ3) is 3.78. The number of aliphatic hydroxyl groups is 2. The Morgan fingerprint density at radius 1 is 1.24 bits per heavy atom. The van der Waals surface area contributed by atoms with Gasteiger partial charge in [0.05, 0.1) is 12.0 Å². The summed E-state index contributed by atoms with van der Waals surface area (Å²) >= 11 is 0. The predicted octanol–water partition coefficient (Wildman–Crippen LogP) is 1.13. The second-order valence-corrected chi connectivity index (χ2v) is 8.78. The molecule has 5 N–H and O–H groups in total. The Kier molecular flexibility index (Phi) is 5.16. The Bertz CT molecular complexity index is 1070. The molecule has 1 fully saturated rings. The second-order valence-electron chi connectivity index (χ2n) is 6.92. The molecule has 0 saturated carbocycles. The molecule has 0 radical (unpaired) electrons. The fraction of sp³-hybridized carbons (Fsp3) is 0.333. The first-order valence-corrected chi connectivity index (χ1v) is 10.9. The van der Waals surface area contributed by atoms with Gasteiger partial charge in [0.2, 0.25) is 0 Å². The molecule has 0 bridgehead atoms. The summed E-state index contributed by atoms with van der Waals surface area (Å²) in [7, 11) is -3.75. The van der Waals surface area contributed by atoms with E-state index in [0.717, 1.165) is 17.8 Å². The van der Waals surface area contributed by atoms with Crippen molar-refractivity contribution in [2.24, 2.45) is 0 Å². The summed E-state index contributed by atoms with van der Waals surface area (Å²) in [6, 6.07) is 9.47. The molecule has 1 aliphatic heterocycles. The lowest BCUT2D eigenvalue weighted by Gasteiger charge is -2.17. The van der Waals surface area contributed by atoms with Crippen molar-refractivity contribution in [3.8, 4) is 11.1 Å². The summed E-state index contributed by atoms with van der Waals surface area (Å²) in [5, 5.41) is 21.5. The van der Waals surface area contributed by atoms with Crippen LogP contribution in [0.25, 0.3) is 22.2 Å². The summed E-state index contributed by atoms with van der Waals surface area (Å²) in [5.74, 6) is 0.271. The van der Waals surface area contributed by atoms with Crippen LogP contribution in [0.1, 0.15) is 6.23 Å². The first-order valence-electron chi connectivity index (χ1n) is 8.89. The number of nitrogens with zero attached hydrogens (tertiary/aromatic N) is 3. The first kappa shape index (κ1) is 20.0. The van der Waals surface area contributed by atoms with Gasteiger partial charge >= 0.3 is 7.60 Å². The van der Waals surface area contributed by atoms with Gasteiger partial charge in [-0.15, -0.1) is 0 Å². The average Bonchev–Trinajstić information content (AvgIpc) is 3.20. The fourth-order valence-corrected chi connectivity index (χ4v) is 3.87. The Labute approximate surface area is 166 Å². The van der Waals surface area contributed by atoms with Gasteiger partial charge in [-0.3, -0.25) is 4.57 Å². The fourth-order valence-electron chi connectivity index (χ4n) is 3.45. The maximum absolute atomic E-state index is 11.4. The SMILES string of the molecule is CP(=O)(O)OCC1OC(n2cc(-c3ccccc3)c3c(N)ncnc32)C(O)C1O. The van der Waals surface area contributed by atoms with Crippen molar-refractivity contribution in [1.29, 1.82) is 0 Å². The first-order chi connectivity index (χ1) is 13.8. The molecule has 1 aliphatic rings. The van der Waals surface area contributed by atoms with Crippen LogP contribution >= 0.6 is 7.60 Å². The molecule has 5 unspecified atom stereocenters. The summed E-state index contributed by atoms with van der Waals surface area (Å²) in [4.78, 5) is 17.7. The van der Waals surface area contributed by atoms with E-state index in [4.69, 9.17) is 15.0 Å². The van der Waals surface area contributed by atoms with Gasteiger partial charge in [-0.1, -0.05) is 30.3 Å². The van der Waals surface area contributed by atoms with Gasteiger partial charge < -0.3 is 34.7 Å². The van der Waals surface area contributed by atoms with E-state index in [0.29, 0.717) is 11.0 Å². The molecular formula is C18H21N4O6P. The Hall–Kier alpha value is -2.33.